The van der Waals surface area contributed by atoms with Crippen molar-refractivity contribution in [3.63, 3.8) is 0 Å². The molecule has 0 aromatic rings. The van der Waals surface area contributed by atoms with E-state index in [9.17, 15) is 30.0 Å². The monoisotopic (exact) mass is 747 g/mol. The Labute approximate surface area is 310 Å². The zero-order valence-corrected chi connectivity index (χ0v) is 33.9. The van der Waals surface area contributed by atoms with Crippen molar-refractivity contribution in [2.75, 3.05) is 28.3 Å². The van der Waals surface area contributed by atoms with Gasteiger partial charge in [0.1, 0.15) is 29.7 Å². The summed E-state index contributed by atoms with van der Waals surface area (Å²) in [4.78, 5) is 30.1. The molecular formula is C38H69NO13. The molecule has 0 bridgehead atoms. The third-order valence-corrected chi connectivity index (χ3v) is 12.3. The smallest absolute Gasteiger partial charge is 0.311 e. The molecule has 14 heteroatoms. The van der Waals surface area contributed by atoms with Crippen molar-refractivity contribution in [1.82, 2.24) is 4.90 Å². The first-order chi connectivity index (χ1) is 24.0. The lowest BCUT2D eigenvalue weighted by atomic mass is 9.74. The minimum absolute atomic E-state index is 0.111. The number of hydrogen-bond acceptors (Lipinski definition) is 14. The van der Waals surface area contributed by atoms with Gasteiger partial charge in [0.25, 0.3) is 0 Å². The summed E-state index contributed by atoms with van der Waals surface area (Å²) in [5.74, 6) is -4.47. The molecule has 0 radical (unpaired) electrons. The standard InChI is InChI=1S/C38H69NO13/c1-15-26-38(10,45)31(42)21(4)28(40)19(2)17-37(9,47-14)33(52-35-29(41)25(39(11)12)16-20(3)48-35)22(5)30(23(6)34(44)50-26)51-27-18-36(8,46-13)32(43)24(7)49-27/h19-27,29-33,35,41-43,45H,15-18H2,1-14H3/t19?,20-,21+,22?,23-,24?,25+,26?,27?,29?,30?,31-,32+,33?,35?,36-,37-,38-/m1/s1. The summed E-state index contributed by atoms with van der Waals surface area (Å²) in [6.07, 6.45) is -8.73. The van der Waals surface area contributed by atoms with E-state index in [4.69, 9.17) is 33.2 Å². The second-order valence-corrected chi connectivity index (χ2v) is 16.6. The van der Waals surface area contributed by atoms with Crippen LogP contribution in [0.2, 0.25) is 0 Å². The Bertz CT molecular complexity index is 1190. The molecule has 0 saturated carbocycles. The molecule has 18 atom stereocenters. The summed E-state index contributed by atoms with van der Waals surface area (Å²) in [5, 5.41) is 45.6. The van der Waals surface area contributed by atoms with E-state index in [0.29, 0.717) is 6.42 Å². The number of ketones is 1. The summed E-state index contributed by atoms with van der Waals surface area (Å²) in [7, 11) is 6.77. The van der Waals surface area contributed by atoms with E-state index < -0.39 is 102 Å². The minimum Gasteiger partial charge on any atom is -0.459 e. The molecule has 3 rings (SSSR count). The summed E-state index contributed by atoms with van der Waals surface area (Å²) in [6.45, 7) is 17.1. The van der Waals surface area contributed by atoms with Crippen LogP contribution in [0.3, 0.4) is 0 Å². The van der Waals surface area contributed by atoms with Crippen molar-refractivity contribution in [1.29, 1.82) is 0 Å². The summed E-state index contributed by atoms with van der Waals surface area (Å²) in [5.41, 5.74) is -4.24. The van der Waals surface area contributed by atoms with Crippen molar-refractivity contribution in [2.45, 2.75) is 179 Å². The second kappa shape index (κ2) is 17.7. The molecule has 0 amide bonds. The Hall–Kier alpha value is -1.30. The molecule has 3 heterocycles. The van der Waals surface area contributed by atoms with Crippen LogP contribution in [0.5, 0.6) is 0 Å². The van der Waals surface area contributed by atoms with Crippen molar-refractivity contribution >= 4 is 11.8 Å². The number of aliphatic hydroxyl groups excluding tert-OH is 3. The molecule has 3 aliphatic heterocycles. The molecule has 304 valence electrons. The van der Waals surface area contributed by atoms with Crippen LogP contribution in [0.1, 0.15) is 94.9 Å². The molecule has 0 aliphatic carbocycles. The Morgan fingerprint density at radius 1 is 0.846 bits per heavy atom. The average Bonchev–Trinajstić information content (AvgIpc) is 3.09. The number of rotatable bonds is 8. The fourth-order valence-corrected chi connectivity index (χ4v) is 8.58. The largest absolute Gasteiger partial charge is 0.459 e. The number of Topliss-reactive ketones (excluding diaryl/α,β-unsaturated/α-hetero) is 1. The van der Waals surface area contributed by atoms with Gasteiger partial charge in [0, 0.05) is 44.4 Å². The predicted molar refractivity (Wildman–Crippen MR) is 191 cm³/mol. The van der Waals surface area contributed by atoms with Crippen molar-refractivity contribution in [3.8, 4) is 0 Å². The summed E-state index contributed by atoms with van der Waals surface area (Å²) in [6, 6.07) is -0.283. The van der Waals surface area contributed by atoms with Crippen molar-refractivity contribution < 1.29 is 63.2 Å². The highest BCUT2D eigenvalue weighted by Crippen LogP contribution is 2.41. The fraction of sp³-hybridized carbons (Fsp3) is 0.947. The second-order valence-electron chi connectivity index (χ2n) is 16.6. The fourth-order valence-electron chi connectivity index (χ4n) is 8.58. The van der Waals surface area contributed by atoms with Crippen LogP contribution in [0.25, 0.3) is 0 Å². The molecular weight excluding hydrogens is 678 g/mol. The van der Waals surface area contributed by atoms with Crippen LogP contribution in [-0.2, 0) is 42.7 Å². The molecule has 3 aliphatic rings. The number of methoxy groups -OCH3 is 2. The predicted octanol–water partition coefficient (Wildman–Crippen LogP) is 2.44. The number of cyclic esters (lactones) is 1. The Morgan fingerprint density at radius 3 is 1.98 bits per heavy atom. The van der Waals surface area contributed by atoms with Gasteiger partial charge in [-0.05, 0) is 74.9 Å². The van der Waals surface area contributed by atoms with E-state index in [2.05, 4.69) is 0 Å². The van der Waals surface area contributed by atoms with Gasteiger partial charge < -0.3 is 58.5 Å². The number of aliphatic hydroxyl groups is 4. The number of ether oxygens (including phenoxy) is 7. The van der Waals surface area contributed by atoms with Crippen molar-refractivity contribution in [3.05, 3.63) is 0 Å². The maximum Gasteiger partial charge on any atom is 0.311 e. The lowest BCUT2D eigenvalue weighted by Gasteiger charge is -2.50. The van der Waals surface area contributed by atoms with Crippen LogP contribution in [0, 0.1) is 23.7 Å². The SMILES string of the molecule is CCC1OC(=O)[C@H](C)C(OC2C[C@@](C)(OC)[C@@H](O)C(C)O2)C(C)C(OC2O[C@H](C)C[C@H](N(C)C)C2O)[C@](C)(OC)CC(C)C(=O)[C@H](C)[C@@H](O)[C@]1(C)O. The van der Waals surface area contributed by atoms with Crippen LogP contribution >= 0.6 is 0 Å². The zero-order chi connectivity index (χ0) is 39.7. The molecule has 3 fully saturated rings. The number of carbonyl (C=O) groups excluding carboxylic acids is 2. The van der Waals surface area contributed by atoms with Crippen molar-refractivity contribution in [2.24, 2.45) is 23.7 Å². The van der Waals surface area contributed by atoms with Gasteiger partial charge >= 0.3 is 5.97 Å². The summed E-state index contributed by atoms with van der Waals surface area (Å²) >= 11 is 0. The molecule has 52 heavy (non-hydrogen) atoms. The topological polar surface area (TPSA) is 183 Å². The number of nitrogens with zero attached hydrogens (tertiary/aromatic N) is 1. The number of likely N-dealkylation sites (N-methyl/N-ethyl adjacent to an activating group) is 1. The molecule has 9 unspecified atom stereocenters. The lowest BCUT2D eigenvalue weighted by Crippen LogP contribution is -2.61. The average molecular weight is 748 g/mol. The Morgan fingerprint density at radius 2 is 1.44 bits per heavy atom. The molecule has 0 aromatic carbocycles. The Balaban J connectivity index is 2.22. The number of esters is 1. The van der Waals surface area contributed by atoms with E-state index in [1.807, 2.05) is 32.8 Å². The molecule has 14 nitrogen and oxygen atoms in total. The van der Waals surface area contributed by atoms with Crippen LogP contribution < -0.4 is 0 Å². The van der Waals surface area contributed by atoms with E-state index in [1.54, 1.807) is 48.5 Å². The molecule has 0 spiro atoms. The van der Waals surface area contributed by atoms with E-state index in [0.717, 1.165) is 0 Å². The Kier molecular flexibility index (Phi) is 15.3. The van der Waals surface area contributed by atoms with Crippen LogP contribution in [-0.4, -0.2) is 150 Å². The highest BCUT2D eigenvalue weighted by molar-refractivity contribution is 5.83. The van der Waals surface area contributed by atoms with Gasteiger partial charge in [-0.25, -0.2) is 0 Å². The molecule has 4 N–H and O–H groups in total. The van der Waals surface area contributed by atoms with E-state index in [1.165, 1.54) is 21.1 Å². The zero-order valence-electron chi connectivity index (χ0n) is 33.9. The highest BCUT2D eigenvalue weighted by Gasteiger charge is 2.54. The van der Waals surface area contributed by atoms with Gasteiger partial charge in [0.15, 0.2) is 12.6 Å². The van der Waals surface area contributed by atoms with Gasteiger partial charge in [0.05, 0.1) is 47.6 Å². The van der Waals surface area contributed by atoms with Gasteiger partial charge in [-0.2, -0.15) is 0 Å². The highest BCUT2D eigenvalue weighted by atomic mass is 16.7. The number of carbonyl (C=O) groups is 2. The summed E-state index contributed by atoms with van der Waals surface area (Å²) < 4.78 is 43.9. The first kappa shape index (κ1) is 45.1. The van der Waals surface area contributed by atoms with Gasteiger partial charge in [0.2, 0.25) is 0 Å². The lowest BCUT2D eigenvalue weighted by molar-refractivity contribution is -0.319. The van der Waals surface area contributed by atoms with Crippen LogP contribution in [0.4, 0.5) is 0 Å². The third kappa shape index (κ3) is 9.38. The van der Waals surface area contributed by atoms with Gasteiger partial charge in [-0.15, -0.1) is 0 Å². The first-order valence-electron chi connectivity index (χ1n) is 18.9. The molecule has 0 aromatic heterocycles. The first-order valence-corrected chi connectivity index (χ1v) is 18.9. The van der Waals surface area contributed by atoms with Crippen LogP contribution in [0.15, 0.2) is 0 Å². The van der Waals surface area contributed by atoms with E-state index in [-0.39, 0.29) is 37.2 Å². The normalized spacial score (nSPS) is 49.0. The minimum atomic E-state index is -1.96. The maximum absolute atomic E-state index is 14.2. The third-order valence-electron chi connectivity index (χ3n) is 12.3. The van der Waals surface area contributed by atoms with E-state index >= 15 is 0 Å². The maximum atomic E-state index is 14.2. The quantitative estimate of drug-likeness (QED) is 0.266. The number of hydrogen-bond donors (Lipinski definition) is 4. The molecule has 3 saturated heterocycles. The van der Waals surface area contributed by atoms with Gasteiger partial charge in [-0.1, -0.05) is 27.7 Å². The van der Waals surface area contributed by atoms with Gasteiger partial charge in [-0.3, -0.25) is 9.59 Å².